The van der Waals surface area contributed by atoms with Crippen molar-refractivity contribution in [3.8, 4) is 0 Å². The highest BCUT2D eigenvalue weighted by Crippen LogP contribution is 2.69. The Kier molecular flexibility index (Phi) is 10.6. The predicted octanol–water partition coefficient (Wildman–Crippen LogP) is 1.67. The molecule has 11 nitrogen and oxygen atoms in total. The Morgan fingerprint density at radius 2 is 1.90 bits per heavy atom. The number of fused-ring (bicyclic) bond motifs is 6. The van der Waals surface area contributed by atoms with Gasteiger partial charge in [-0.25, -0.2) is 0 Å². The zero-order chi connectivity index (χ0) is 34.6. The Morgan fingerprint density at radius 1 is 1.12 bits per heavy atom. The number of ketones is 1. The van der Waals surface area contributed by atoms with Crippen molar-refractivity contribution in [2.24, 2.45) is 40.4 Å². The van der Waals surface area contributed by atoms with E-state index in [-0.39, 0.29) is 41.0 Å². The van der Waals surface area contributed by atoms with Crippen LogP contribution in [0.2, 0.25) is 0 Å². The van der Waals surface area contributed by atoms with E-state index in [0.29, 0.717) is 58.5 Å². The summed E-state index contributed by atoms with van der Waals surface area (Å²) in [4.78, 5) is 13.9. The number of hydrogen-bond donors (Lipinski definition) is 7. The van der Waals surface area contributed by atoms with Gasteiger partial charge in [0.1, 0.15) is 18.4 Å². The van der Waals surface area contributed by atoms with Crippen molar-refractivity contribution < 1.29 is 44.5 Å². The summed E-state index contributed by atoms with van der Waals surface area (Å²) in [5.41, 5.74) is -3.10. The molecular formula is C37H62N2O9. The highest BCUT2D eigenvalue weighted by Gasteiger charge is 2.70. The topological polar surface area (TPSA) is 170 Å². The summed E-state index contributed by atoms with van der Waals surface area (Å²) < 4.78 is 17.7. The Balaban J connectivity index is 1.22. The standard InChI is InChI=1S/C37H62N2O9/c1-21(40)19-38-20-24-23-10-14-39-33(43)31(23)48-30(24)32(42)36(4,44)29-9-13-37(45)26-18-28(41)27-17-22(47-16-6-15-46-5)7-11-34(27,2)25(26)8-12-35(29,37)3/h18,21-25,27,29-33,38-40,42-45H,6-17,19-20H2,1-5H3/t21-,22-,23+,24+,25-,27-,29-,30-,31+,32+,33-,34+,35+,36-,37+/m0/s1. The number of rotatable bonds is 12. The average molecular weight is 679 g/mol. The number of nitrogens with one attached hydrogen (secondary N) is 2. The van der Waals surface area contributed by atoms with Gasteiger partial charge in [0.25, 0.3) is 0 Å². The van der Waals surface area contributed by atoms with Gasteiger partial charge in [0.2, 0.25) is 0 Å². The van der Waals surface area contributed by atoms with E-state index >= 15 is 0 Å². The van der Waals surface area contributed by atoms with Gasteiger partial charge in [-0.1, -0.05) is 13.8 Å². The number of carbonyl (C=O) groups excluding carboxylic acids is 1. The molecule has 0 amide bonds. The van der Waals surface area contributed by atoms with Crippen molar-refractivity contribution in [1.29, 1.82) is 0 Å². The van der Waals surface area contributed by atoms with Crippen LogP contribution in [0, 0.1) is 40.4 Å². The summed E-state index contributed by atoms with van der Waals surface area (Å²) in [5, 5.41) is 64.2. The molecule has 2 aliphatic heterocycles. The number of ether oxygens (including phenoxy) is 3. The third-order valence-corrected chi connectivity index (χ3v) is 14.2. The lowest BCUT2D eigenvalue weighted by molar-refractivity contribution is -0.201. The second kappa shape index (κ2) is 13.9. The third-order valence-electron chi connectivity index (χ3n) is 14.2. The molecule has 48 heavy (non-hydrogen) atoms. The van der Waals surface area contributed by atoms with Gasteiger partial charge < -0.3 is 45.1 Å². The molecule has 0 unspecified atom stereocenters. The van der Waals surface area contributed by atoms with Crippen LogP contribution in [0.25, 0.3) is 0 Å². The maximum Gasteiger partial charge on any atom is 0.159 e. The second-order valence-electron chi connectivity index (χ2n) is 16.9. The molecule has 2 saturated heterocycles. The number of piperidine rings is 1. The average Bonchev–Trinajstić information content (AvgIpc) is 3.55. The number of aliphatic hydroxyl groups is 5. The van der Waals surface area contributed by atoms with Crippen molar-refractivity contribution in [3.63, 3.8) is 0 Å². The van der Waals surface area contributed by atoms with Gasteiger partial charge in [0.15, 0.2) is 5.78 Å². The van der Waals surface area contributed by atoms with Gasteiger partial charge in [-0.3, -0.25) is 10.1 Å². The molecule has 0 aromatic carbocycles. The van der Waals surface area contributed by atoms with Crippen molar-refractivity contribution in [2.45, 2.75) is 133 Å². The van der Waals surface area contributed by atoms with Crippen molar-refractivity contribution >= 4 is 5.78 Å². The van der Waals surface area contributed by atoms with E-state index in [4.69, 9.17) is 14.2 Å². The van der Waals surface area contributed by atoms with Crippen LogP contribution in [0.4, 0.5) is 0 Å². The molecule has 0 aromatic rings. The SMILES string of the molecule is COCCCO[C@H]1CC[C@@]2(C)[C@@H](C1)C(=O)C=C1[C@@H]2CC[C@]2(C)[C@@H]([C@](C)(O)[C@H](O)[C@H]3O[C@@H]4[C@H](CCN[C@H]4O)[C@H]3CNC[C@H](C)O)CC[C@@]12O. The summed E-state index contributed by atoms with van der Waals surface area (Å²) in [6, 6.07) is 0. The normalized spacial score (nSPS) is 46.5. The van der Waals surface area contributed by atoms with E-state index in [1.807, 2.05) is 6.92 Å². The minimum absolute atomic E-state index is 0.0253. The first kappa shape index (κ1) is 36.8. The molecule has 11 heteroatoms. The molecule has 6 aliphatic rings. The van der Waals surface area contributed by atoms with E-state index < -0.39 is 53.2 Å². The minimum Gasteiger partial charge on any atom is -0.392 e. The lowest BCUT2D eigenvalue weighted by Gasteiger charge is -2.60. The van der Waals surface area contributed by atoms with E-state index in [9.17, 15) is 30.3 Å². The van der Waals surface area contributed by atoms with Crippen molar-refractivity contribution in [1.82, 2.24) is 10.6 Å². The van der Waals surface area contributed by atoms with Crippen LogP contribution in [0.1, 0.15) is 85.5 Å². The molecule has 7 N–H and O–H groups in total. The summed E-state index contributed by atoms with van der Waals surface area (Å²) in [5.74, 6) is -0.670. The molecule has 5 fully saturated rings. The summed E-state index contributed by atoms with van der Waals surface area (Å²) in [6.45, 7) is 10.4. The molecule has 2 heterocycles. The van der Waals surface area contributed by atoms with Gasteiger partial charge in [-0.2, -0.15) is 0 Å². The van der Waals surface area contributed by atoms with Crippen LogP contribution in [-0.2, 0) is 19.0 Å². The fraction of sp³-hybridized carbons (Fsp3) is 0.919. The molecule has 3 saturated carbocycles. The summed E-state index contributed by atoms with van der Waals surface area (Å²) >= 11 is 0. The van der Waals surface area contributed by atoms with E-state index in [1.165, 1.54) is 0 Å². The fourth-order valence-electron chi connectivity index (χ4n) is 11.5. The highest BCUT2D eigenvalue weighted by molar-refractivity contribution is 5.95. The number of aliphatic hydroxyl groups excluding tert-OH is 3. The fourth-order valence-corrected chi connectivity index (χ4v) is 11.5. The number of allylic oxidation sites excluding steroid dienone is 1. The van der Waals surface area contributed by atoms with Gasteiger partial charge in [0, 0.05) is 50.7 Å². The van der Waals surface area contributed by atoms with Gasteiger partial charge in [-0.05, 0) is 113 Å². The Morgan fingerprint density at radius 3 is 2.62 bits per heavy atom. The van der Waals surface area contributed by atoms with E-state index in [1.54, 1.807) is 27.0 Å². The number of hydrogen-bond acceptors (Lipinski definition) is 11. The monoisotopic (exact) mass is 678 g/mol. The lowest BCUT2D eigenvalue weighted by atomic mass is 9.46. The molecule has 0 aromatic heterocycles. The van der Waals surface area contributed by atoms with Crippen molar-refractivity contribution in [3.05, 3.63) is 11.6 Å². The maximum atomic E-state index is 13.9. The maximum absolute atomic E-state index is 13.9. The van der Waals surface area contributed by atoms with Gasteiger partial charge in [-0.15, -0.1) is 0 Å². The van der Waals surface area contributed by atoms with Gasteiger partial charge >= 0.3 is 0 Å². The van der Waals surface area contributed by atoms with E-state index in [0.717, 1.165) is 37.7 Å². The second-order valence-corrected chi connectivity index (χ2v) is 16.9. The van der Waals surface area contributed by atoms with Crippen LogP contribution in [-0.4, -0.2) is 119 Å². The zero-order valence-corrected chi connectivity index (χ0v) is 29.7. The molecule has 274 valence electrons. The molecule has 4 aliphatic carbocycles. The number of carbonyl (C=O) groups is 1. The largest absolute Gasteiger partial charge is 0.392 e. The molecule has 0 bridgehead atoms. The summed E-state index contributed by atoms with van der Waals surface area (Å²) in [6.07, 6.45) is 4.28. The third kappa shape index (κ3) is 6.05. The predicted molar refractivity (Wildman–Crippen MR) is 179 cm³/mol. The van der Waals surface area contributed by atoms with Crippen LogP contribution >= 0.6 is 0 Å². The number of methoxy groups -OCH3 is 1. The first-order valence-corrected chi connectivity index (χ1v) is 18.6. The van der Waals surface area contributed by atoms with E-state index in [2.05, 4.69) is 17.6 Å². The van der Waals surface area contributed by atoms with Crippen LogP contribution in [0.15, 0.2) is 11.6 Å². The first-order chi connectivity index (χ1) is 22.7. The highest BCUT2D eigenvalue weighted by atomic mass is 16.5. The van der Waals surface area contributed by atoms with Gasteiger partial charge in [0.05, 0.1) is 29.5 Å². The van der Waals surface area contributed by atoms with Crippen LogP contribution < -0.4 is 10.6 Å². The van der Waals surface area contributed by atoms with Crippen LogP contribution in [0.3, 0.4) is 0 Å². The van der Waals surface area contributed by atoms with Crippen LogP contribution in [0.5, 0.6) is 0 Å². The summed E-state index contributed by atoms with van der Waals surface area (Å²) in [7, 11) is 1.69. The first-order valence-electron chi connectivity index (χ1n) is 18.6. The minimum atomic E-state index is -1.62. The Hall–Kier alpha value is -0.990. The Bertz CT molecular complexity index is 1200. The smallest absolute Gasteiger partial charge is 0.159 e. The molecule has 0 spiro atoms. The molecule has 6 rings (SSSR count). The molecular weight excluding hydrogens is 616 g/mol. The quantitative estimate of drug-likeness (QED) is 0.150. The zero-order valence-electron chi connectivity index (χ0n) is 29.7. The molecule has 15 atom stereocenters. The molecule has 0 radical (unpaired) electrons. The Labute approximate surface area is 286 Å². The lowest BCUT2D eigenvalue weighted by Crippen LogP contribution is -2.63. The van der Waals surface area contributed by atoms with Crippen molar-refractivity contribution in [2.75, 3.05) is 40.0 Å².